The summed E-state index contributed by atoms with van der Waals surface area (Å²) in [6.07, 6.45) is 4.00. The summed E-state index contributed by atoms with van der Waals surface area (Å²) >= 11 is 0. The summed E-state index contributed by atoms with van der Waals surface area (Å²) in [6.45, 7) is 9.88. The Bertz CT molecular complexity index is 419. The lowest BCUT2D eigenvalue weighted by atomic mass is 9.83. The number of aliphatic hydroxyl groups is 1. The Kier molecular flexibility index (Phi) is 5.22. The maximum Gasteiger partial charge on any atom is 0.0921 e. The standard InChI is InChI=1S/C18H29NO/c1-4-10-19-11-8-18(20,9-12-19)17-7-5-6-16(14-17)13-15(2)3/h5-7,14-15,20H,4,8-13H2,1-3H3. The van der Waals surface area contributed by atoms with Crippen LogP contribution in [0.2, 0.25) is 0 Å². The highest BCUT2D eigenvalue weighted by molar-refractivity contribution is 5.29. The Morgan fingerprint density at radius 3 is 2.55 bits per heavy atom. The molecule has 0 radical (unpaired) electrons. The molecule has 20 heavy (non-hydrogen) atoms. The van der Waals surface area contributed by atoms with Gasteiger partial charge >= 0.3 is 0 Å². The second kappa shape index (κ2) is 6.73. The number of hydrogen-bond acceptors (Lipinski definition) is 2. The molecule has 0 saturated carbocycles. The molecule has 0 spiro atoms. The predicted molar refractivity (Wildman–Crippen MR) is 84.8 cm³/mol. The van der Waals surface area contributed by atoms with E-state index in [1.54, 1.807) is 0 Å². The van der Waals surface area contributed by atoms with Crippen LogP contribution < -0.4 is 0 Å². The Labute approximate surface area is 123 Å². The van der Waals surface area contributed by atoms with Gasteiger partial charge in [-0.25, -0.2) is 0 Å². The van der Waals surface area contributed by atoms with Crippen LogP contribution >= 0.6 is 0 Å². The summed E-state index contributed by atoms with van der Waals surface area (Å²) in [6, 6.07) is 8.59. The second-order valence-electron chi connectivity index (χ2n) is 6.67. The van der Waals surface area contributed by atoms with Gasteiger partial charge in [0.15, 0.2) is 0 Å². The van der Waals surface area contributed by atoms with E-state index in [1.165, 1.54) is 12.0 Å². The zero-order valence-electron chi connectivity index (χ0n) is 13.2. The summed E-state index contributed by atoms with van der Waals surface area (Å²) in [5.74, 6) is 0.659. The van der Waals surface area contributed by atoms with Crippen LogP contribution in [-0.4, -0.2) is 29.6 Å². The van der Waals surface area contributed by atoms with Crippen molar-refractivity contribution in [2.75, 3.05) is 19.6 Å². The zero-order chi connectivity index (χ0) is 14.6. The van der Waals surface area contributed by atoms with Crippen LogP contribution in [0.3, 0.4) is 0 Å². The van der Waals surface area contributed by atoms with Crippen molar-refractivity contribution in [1.29, 1.82) is 0 Å². The van der Waals surface area contributed by atoms with Crippen molar-refractivity contribution in [3.05, 3.63) is 35.4 Å². The van der Waals surface area contributed by atoms with Gasteiger partial charge in [0.2, 0.25) is 0 Å². The first kappa shape index (κ1) is 15.5. The van der Waals surface area contributed by atoms with E-state index in [2.05, 4.69) is 49.9 Å². The average molecular weight is 275 g/mol. The summed E-state index contributed by atoms with van der Waals surface area (Å²) < 4.78 is 0. The number of piperidine rings is 1. The van der Waals surface area contributed by atoms with E-state index in [0.717, 1.165) is 44.5 Å². The second-order valence-corrected chi connectivity index (χ2v) is 6.67. The predicted octanol–water partition coefficient (Wildman–Crippen LogP) is 3.58. The lowest BCUT2D eigenvalue weighted by Crippen LogP contribution is -2.42. The molecule has 2 heteroatoms. The first-order chi connectivity index (χ1) is 9.53. The fraction of sp³-hybridized carbons (Fsp3) is 0.667. The number of likely N-dealkylation sites (tertiary alicyclic amines) is 1. The van der Waals surface area contributed by atoms with Crippen LogP contribution in [0.25, 0.3) is 0 Å². The molecule has 0 unspecified atom stereocenters. The number of nitrogens with zero attached hydrogens (tertiary/aromatic N) is 1. The molecule has 0 aliphatic carbocycles. The van der Waals surface area contributed by atoms with Crippen molar-refractivity contribution in [2.24, 2.45) is 5.92 Å². The van der Waals surface area contributed by atoms with E-state index < -0.39 is 5.60 Å². The van der Waals surface area contributed by atoms with Crippen LogP contribution in [0, 0.1) is 5.92 Å². The van der Waals surface area contributed by atoms with Crippen molar-refractivity contribution in [1.82, 2.24) is 4.90 Å². The highest BCUT2D eigenvalue weighted by Gasteiger charge is 2.33. The van der Waals surface area contributed by atoms with Crippen LogP contribution in [0.4, 0.5) is 0 Å². The molecule has 1 aromatic rings. The van der Waals surface area contributed by atoms with Crippen molar-refractivity contribution in [3.8, 4) is 0 Å². The minimum Gasteiger partial charge on any atom is -0.385 e. The maximum absolute atomic E-state index is 11.0. The van der Waals surface area contributed by atoms with Gasteiger partial charge in [0, 0.05) is 13.1 Å². The largest absolute Gasteiger partial charge is 0.385 e. The normalized spacial score (nSPS) is 19.4. The van der Waals surface area contributed by atoms with Crippen LogP contribution in [0.1, 0.15) is 51.2 Å². The van der Waals surface area contributed by atoms with E-state index in [1.807, 2.05) is 0 Å². The third-order valence-electron chi connectivity index (χ3n) is 4.33. The molecule has 1 N–H and O–H groups in total. The molecule has 1 heterocycles. The third kappa shape index (κ3) is 3.83. The topological polar surface area (TPSA) is 23.5 Å². The Balaban J connectivity index is 2.07. The fourth-order valence-electron chi connectivity index (χ4n) is 3.21. The van der Waals surface area contributed by atoms with Gasteiger partial charge in [-0.1, -0.05) is 45.0 Å². The van der Waals surface area contributed by atoms with Crippen molar-refractivity contribution >= 4 is 0 Å². The summed E-state index contributed by atoms with van der Waals surface area (Å²) in [5, 5.41) is 11.0. The molecule has 1 aliphatic rings. The third-order valence-corrected chi connectivity index (χ3v) is 4.33. The fourth-order valence-corrected chi connectivity index (χ4v) is 3.21. The van der Waals surface area contributed by atoms with Gasteiger partial charge in [-0.3, -0.25) is 0 Å². The quantitative estimate of drug-likeness (QED) is 0.888. The Morgan fingerprint density at radius 2 is 1.95 bits per heavy atom. The number of rotatable bonds is 5. The molecule has 2 rings (SSSR count). The van der Waals surface area contributed by atoms with E-state index in [-0.39, 0.29) is 0 Å². The van der Waals surface area contributed by atoms with Gasteiger partial charge in [0.05, 0.1) is 5.60 Å². The van der Waals surface area contributed by atoms with Crippen molar-refractivity contribution < 1.29 is 5.11 Å². The lowest BCUT2D eigenvalue weighted by molar-refractivity contribution is -0.0258. The first-order valence-corrected chi connectivity index (χ1v) is 8.07. The highest BCUT2D eigenvalue weighted by atomic mass is 16.3. The number of benzene rings is 1. The van der Waals surface area contributed by atoms with Crippen LogP contribution in [-0.2, 0) is 12.0 Å². The SMILES string of the molecule is CCCN1CCC(O)(c2cccc(CC(C)C)c2)CC1. The summed E-state index contributed by atoms with van der Waals surface area (Å²) in [4.78, 5) is 2.46. The molecule has 112 valence electrons. The average Bonchev–Trinajstić information content (AvgIpc) is 2.41. The zero-order valence-corrected chi connectivity index (χ0v) is 13.2. The molecule has 1 aliphatic heterocycles. The van der Waals surface area contributed by atoms with E-state index in [4.69, 9.17) is 0 Å². The van der Waals surface area contributed by atoms with Gasteiger partial charge in [-0.05, 0) is 49.3 Å². The molecule has 2 nitrogen and oxygen atoms in total. The van der Waals surface area contributed by atoms with Crippen molar-refractivity contribution in [3.63, 3.8) is 0 Å². The lowest BCUT2D eigenvalue weighted by Gasteiger charge is -2.38. The van der Waals surface area contributed by atoms with E-state index in [0.29, 0.717) is 5.92 Å². The molecular formula is C18H29NO. The van der Waals surface area contributed by atoms with Gasteiger partial charge in [-0.15, -0.1) is 0 Å². The molecular weight excluding hydrogens is 246 g/mol. The molecule has 0 atom stereocenters. The Hall–Kier alpha value is -0.860. The minimum atomic E-state index is -0.614. The summed E-state index contributed by atoms with van der Waals surface area (Å²) in [7, 11) is 0. The maximum atomic E-state index is 11.0. The van der Waals surface area contributed by atoms with E-state index in [9.17, 15) is 5.11 Å². The summed E-state index contributed by atoms with van der Waals surface area (Å²) in [5.41, 5.74) is 1.85. The van der Waals surface area contributed by atoms with Crippen LogP contribution in [0.5, 0.6) is 0 Å². The molecule has 0 bridgehead atoms. The number of hydrogen-bond donors (Lipinski definition) is 1. The van der Waals surface area contributed by atoms with Crippen molar-refractivity contribution in [2.45, 2.75) is 52.1 Å². The van der Waals surface area contributed by atoms with Gasteiger partial charge in [0.1, 0.15) is 0 Å². The smallest absolute Gasteiger partial charge is 0.0921 e. The molecule has 0 aromatic heterocycles. The van der Waals surface area contributed by atoms with E-state index >= 15 is 0 Å². The molecule has 0 amide bonds. The highest BCUT2D eigenvalue weighted by Crippen LogP contribution is 2.33. The van der Waals surface area contributed by atoms with Gasteiger partial charge in [-0.2, -0.15) is 0 Å². The first-order valence-electron chi connectivity index (χ1n) is 8.07. The van der Waals surface area contributed by atoms with Gasteiger partial charge in [0.25, 0.3) is 0 Å². The Morgan fingerprint density at radius 1 is 1.25 bits per heavy atom. The molecule has 1 fully saturated rings. The monoisotopic (exact) mass is 275 g/mol. The van der Waals surface area contributed by atoms with Crippen LogP contribution in [0.15, 0.2) is 24.3 Å². The minimum absolute atomic E-state index is 0.614. The molecule has 1 aromatic carbocycles. The van der Waals surface area contributed by atoms with Gasteiger partial charge < -0.3 is 10.0 Å². The molecule has 1 saturated heterocycles.